The van der Waals surface area contributed by atoms with Crippen molar-refractivity contribution in [2.24, 2.45) is 0 Å². The molecule has 0 aromatic heterocycles. The number of nitrogens with one attached hydrogen (secondary N) is 2. The van der Waals surface area contributed by atoms with Crippen LogP contribution in [-0.4, -0.2) is 44.0 Å². The molecule has 0 heterocycles. The Balaban J connectivity index is 1.48. The maximum absolute atomic E-state index is 12.4. The van der Waals surface area contributed by atoms with Gasteiger partial charge in [0.25, 0.3) is 0 Å². The standard InChI is InChI=1S/C24H27N3O3/c1-17(19-9-8-18-6-4-5-7-20(18)14-19)25-23(28)15-27(2)16-24(29)26-21-10-12-22(30-3)13-11-21/h4-14,17H,15-16H2,1-3H3,(H,25,28)(H,26,29)/t17-/m1/s1. The van der Waals surface area contributed by atoms with Gasteiger partial charge < -0.3 is 15.4 Å². The Morgan fingerprint density at radius 3 is 2.30 bits per heavy atom. The number of carbonyl (C=O) groups excluding carboxylic acids is 2. The lowest BCUT2D eigenvalue weighted by atomic mass is 10.0. The molecule has 1 atom stereocenters. The summed E-state index contributed by atoms with van der Waals surface area (Å²) in [5, 5.41) is 8.13. The Labute approximate surface area is 176 Å². The van der Waals surface area contributed by atoms with Crippen LogP contribution in [0.25, 0.3) is 10.8 Å². The first kappa shape index (κ1) is 21.3. The van der Waals surface area contributed by atoms with Crippen molar-refractivity contribution >= 4 is 28.3 Å². The molecule has 2 amide bonds. The van der Waals surface area contributed by atoms with Crippen LogP contribution in [0.4, 0.5) is 5.69 Å². The zero-order chi connectivity index (χ0) is 21.5. The highest BCUT2D eigenvalue weighted by Gasteiger charge is 2.14. The molecule has 0 aliphatic rings. The van der Waals surface area contributed by atoms with Crippen LogP contribution in [0.5, 0.6) is 5.75 Å². The van der Waals surface area contributed by atoms with Crippen LogP contribution in [0.2, 0.25) is 0 Å². The molecule has 0 saturated carbocycles. The Hall–Kier alpha value is -3.38. The summed E-state index contributed by atoms with van der Waals surface area (Å²) in [6.07, 6.45) is 0. The molecule has 0 spiro atoms. The average molecular weight is 405 g/mol. The second-order valence-corrected chi connectivity index (χ2v) is 7.34. The first-order valence-electron chi connectivity index (χ1n) is 9.85. The molecular formula is C24H27N3O3. The summed E-state index contributed by atoms with van der Waals surface area (Å²) in [5.74, 6) is 0.413. The van der Waals surface area contributed by atoms with Gasteiger partial charge >= 0.3 is 0 Å². The van der Waals surface area contributed by atoms with Crippen molar-refractivity contribution in [1.29, 1.82) is 0 Å². The highest BCUT2D eigenvalue weighted by molar-refractivity contribution is 5.92. The second-order valence-electron chi connectivity index (χ2n) is 7.34. The van der Waals surface area contributed by atoms with Gasteiger partial charge in [-0.3, -0.25) is 14.5 Å². The van der Waals surface area contributed by atoms with E-state index < -0.39 is 0 Å². The molecule has 2 N–H and O–H groups in total. The fraction of sp³-hybridized carbons (Fsp3) is 0.250. The lowest BCUT2D eigenvalue weighted by Crippen LogP contribution is -2.39. The maximum atomic E-state index is 12.4. The third kappa shape index (κ3) is 5.81. The third-order valence-corrected chi connectivity index (χ3v) is 4.85. The molecule has 6 heteroatoms. The molecule has 6 nitrogen and oxygen atoms in total. The first-order chi connectivity index (χ1) is 14.4. The molecular weight excluding hydrogens is 378 g/mol. The summed E-state index contributed by atoms with van der Waals surface area (Å²) in [7, 11) is 3.34. The van der Waals surface area contributed by atoms with E-state index in [1.54, 1.807) is 43.3 Å². The van der Waals surface area contributed by atoms with Crippen LogP contribution < -0.4 is 15.4 Å². The number of benzene rings is 3. The minimum Gasteiger partial charge on any atom is -0.497 e. The van der Waals surface area contributed by atoms with Gasteiger partial charge in [0.15, 0.2) is 0 Å². The van der Waals surface area contributed by atoms with E-state index in [1.165, 1.54) is 5.39 Å². The van der Waals surface area contributed by atoms with E-state index in [0.29, 0.717) is 5.69 Å². The number of ether oxygens (including phenoxy) is 1. The monoisotopic (exact) mass is 405 g/mol. The zero-order valence-electron chi connectivity index (χ0n) is 17.5. The van der Waals surface area contributed by atoms with Crippen LogP contribution in [0.15, 0.2) is 66.7 Å². The number of hydrogen-bond acceptors (Lipinski definition) is 4. The van der Waals surface area contributed by atoms with Gasteiger partial charge in [-0.05, 0) is 60.6 Å². The van der Waals surface area contributed by atoms with Crippen molar-refractivity contribution in [3.63, 3.8) is 0 Å². The van der Waals surface area contributed by atoms with Crippen molar-refractivity contribution in [3.05, 3.63) is 72.3 Å². The van der Waals surface area contributed by atoms with Crippen molar-refractivity contribution in [2.75, 3.05) is 32.6 Å². The second kappa shape index (κ2) is 9.89. The van der Waals surface area contributed by atoms with E-state index in [9.17, 15) is 9.59 Å². The fourth-order valence-electron chi connectivity index (χ4n) is 3.27. The lowest BCUT2D eigenvalue weighted by molar-refractivity contribution is -0.123. The summed E-state index contributed by atoms with van der Waals surface area (Å²) in [4.78, 5) is 26.3. The van der Waals surface area contributed by atoms with Crippen LogP contribution in [-0.2, 0) is 9.59 Å². The summed E-state index contributed by atoms with van der Waals surface area (Å²) in [6, 6.07) is 21.3. The van der Waals surface area contributed by atoms with Gasteiger partial charge in [0.05, 0.1) is 26.2 Å². The molecule has 0 aliphatic carbocycles. The zero-order valence-corrected chi connectivity index (χ0v) is 17.5. The smallest absolute Gasteiger partial charge is 0.238 e. The van der Waals surface area contributed by atoms with Crippen molar-refractivity contribution in [1.82, 2.24) is 10.2 Å². The quantitative estimate of drug-likeness (QED) is 0.601. The Bertz CT molecular complexity index is 1020. The lowest BCUT2D eigenvalue weighted by Gasteiger charge is -2.19. The number of anilines is 1. The van der Waals surface area contributed by atoms with E-state index in [2.05, 4.69) is 34.9 Å². The Morgan fingerprint density at radius 1 is 0.933 bits per heavy atom. The fourth-order valence-corrected chi connectivity index (χ4v) is 3.27. The highest BCUT2D eigenvalue weighted by Crippen LogP contribution is 2.20. The van der Waals surface area contributed by atoms with Gasteiger partial charge in [0.2, 0.25) is 11.8 Å². The van der Waals surface area contributed by atoms with Crippen molar-refractivity contribution in [2.45, 2.75) is 13.0 Å². The third-order valence-electron chi connectivity index (χ3n) is 4.85. The van der Waals surface area contributed by atoms with E-state index in [1.807, 2.05) is 25.1 Å². The number of methoxy groups -OCH3 is 1. The van der Waals surface area contributed by atoms with Crippen molar-refractivity contribution < 1.29 is 14.3 Å². The van der Waals surface area contributed by atoms with Gasteiger partial charge in [0, 0.05) is 5.69 Å². The number of carbonyl (C=O) groups is 2. The van der Waals surface area contributed by atoms with E-state index >= 15 is 0 Å². The molecule has 0 bridgehead atoms. The Kier molecular flexibility index (Phi) is 7.03. The minimum absolute atomic E-state index is 0.115. The van der Waals surface area contributed by atoms with Crippen molar-refractivity contribution in [3.8, 4) is 5.75 Å². The van der Waals surface area contributed by atoms with Gasteiger partial charge in [-0.25, -0.2) is 0 Å². The molecule has 0 aliphatic heterocycles. The SMILES string of the molecule is COc1ccc(NC(=O)CN(C)CC(=O)N[C@H](C)c2ccc3ccccc3c2)cc1. The summed E-state index contributed by atoms with van der Waals surface area (Å²) >= 11 is 0. The minimum atomic E-state index is -0.182. The largest absolute Gasteiger partial charge is 0.497 e. The molecule has 3 rings (SSSR count). The maximum Gasteiger partial charge on any atom is 0.238 e. The predicted octanol–water partition coefficient (Wildman–Crippen LogP) is 3.60. The van der Waals surface area contributed by atoms with Crippen LogP contribution >= 0.6 is 0 Å². The predicted molar refractivity (Wildman–Crippen MR) is 120 cm³/mol. The molecule has 0 fully saturated rings. The topological polar surface area (TPSA) is 70.7 Å². The first-order valence-corrected chi connectivity index (χ1v) is 9.85. The summed E-state index contributed by atoms with van der Waals surface area (Å²) in [5.41, 5.74) is 1.73. The average Bonchev–Trinajstić information content (AvgIpc) is 2.73. The van der Waals surface area contributed by atoms with Gasteiger partial charge in [-0.1, -0.05) is 36.4 Å². The molecule has 3 aromatic rings. The van der Waals surface area contributed by atoms with E-state index in [4.69, 9.17) is 4.74 Å². The van der Waals surface area contributed by atoms with Gasteiger partial charge in [-0.2, -0.15) is 0 Å². The van der Waals surface area contributed by atoms with Crippen LogP contribution in [0.3, 0.4) is 0 Å². The highest BCUT2D eigenvalue weighted by atomic mass is 16.5. The summed E-state index contributed by atoms with van der Waals surface area (Å²) in [6.45, 7) is 2.20. The molecule has 3 aromatic carbocycles. The Morgan fingerprint density at radius 2 is 1.60 bits per heavy atom. The number of fused-ring (bicyclic) bond motifs is 1. The number of rotatable bonds is 8. The van der Waals surface area contributed by atoms with Gasteiger partial charge in [0.1, 0.15) is 5.75 Å². The molecule has 30 heavy (non-hydrogen) atoms. The van der Waals surface area contributed by atoms with Crippen LogP contribution in [0, 0.1) is 0 Å². The van der Waals surface area contributed by atoms with Crippen LogP contribution in [0.1, 0.15) is 18.5 Å². The number of likely N-dealkylation sites (N-methyl/N-ethyl adjacent to an activating group) is 1. The molecule has 0 unspecified atom stereocenters. The number of hydrogen-bond donors (Lipinski definition) is 2. The molecule has 0 saturated heterocycles. The van der Waals surface area contributed by atoms with E-state index in [0.717, 1.165) is 16.7 Å². The summed E-state index contributed by atoms with van der Waals surface area (Å²) < 4.78 is 5.10. The van der Waals surface area contributed by atoms with E-state index in [-0.39, 0.29) is 30.9 Å². The normalized spacial score (nSPS) is 11.9. The molecule has 0 radical (unpaired) electrons. The van der Waals surface area contributed by atoms with Gasteiger partial charge in [-0.15, -0.1) is 0 Å². The number of nitrogens with zero attached hydrogens (tertiary/aromatic N) is 1. The number of amides is 2. The molecule has 156 valence electrons.